The Morgan fingerprint density at radius 1 is 0.500 bits per heavy atom. The van der Waals surface area contributed by atoms with Crippen molar-refractivity contribution in [3.05, 3.63) is 95.0 Å². The number of nitrogens with zero attached hydrogens (tertiary/aromatic N) is 2. The smallest absolute Gasteiger partial charge is 0.160 e. The van der Waals surface area contributed by atoms with Crippen LogP contribution < -0.4 is 0 Å². The maximum Gasteiger partial charge on any atom is 0.160 e. The summed E-state index contributed by atoms with van der Waals surface area (Å²) in [5, 5.41) is 1.40. The van der Waals surface area contributed by atoms with Gasteiger partial charge in [-0.25, -0.2) is 9.97 Å². The van der Waals surface area contributed by atoms with Crippen LogP contribution in [-0.4, -0.2) is 9.97 Å². The molecule has 0 atom stereocenters. The number of aromatic nitrogens is 2. The van der Waals surface area contributed by atoms with E-state index in [1.807, 2.05) is 84.9 Å². The first-order chi connectivity index (χ1) is 12.7. The largest absolute Gasteiger partial charge is 0.228 e. The molecule has 126 valence electrons. The Morgan fingerprint density at radius 3 is 1.42 bits per heavy atom. The molecule has 0 fully saturated rings. The van der Waals surface area contributed by atoms with Crippen LogP contribution in [0.25, 0.3) is 33.9 Å². The first-order valence-electron chi connectivity index (χ1n) is 8.15. The highest BCUT2D eigenvalue weighted by Crippen LogP contribution is 2.28. The fraction of sp³-hybridized carbons (Fsp3) is 0. The predicted molar refractivity (Wildman–Crippen MR) is 108 cm³/mol. The fourth-order valence-electron chi connectivity index (χ4n) is 2.70. The van der Waals surface area contributed by atoms with Crippen LogP contribution in [-0.2, 0) is 0 Å². The van der Waals surface area contributed by atoms with Crippen LogP contribution >= 0.6 is 23.2 Å². The molecule has 1 aromatic heterocycles. The van der Waals surface area contributed by atoms with Crippen molar-refractivity contribution >= 4 is 23.2 Å². The highest BCUT2D eigenvalue weighted by Gasteiger charge is 2.10. The maximum atomic E-state index is 6.02. The highest BCUT2D eigenvalue weighted by atomic mass is 35.5. The molecule has 0 radical (unpaired) electrons. The second-order valence-electron chi connectivity index (χ2n) is 5.84. The topological polar surface area (TPSA) is 25.8 Å². The summed E-state index contributed by atoms with van der Waals surface area (Å²) in [5.41, 5.74) is 4.65. The number of halogens is 2. The molecule has 4 aromatic rings. The summed E-state index contributed by atoms with van der Waals surface area (Å²) in [5.74, 6) is 0.683. The summed E-state index contributed by atoms with van der Waals surface area (Å²) in [6, 6.07) is 27.3. The van der Waals surface area contributed by atoms with Crippen molar-refractivity contribution in [2.45, 2.75) is 0 Å². The van der Waals surface area contributed by atoms with Crippen LogP contribution in [0.1, 0.15) is 0 Å². The molecule has 0 spiro atoms. The lowest BCUT2D eigenvalue weighted by molar-refractivity contribution is 1.18. The van der Waals surface area contributed by atoms with Gasteiger partial charge in [-0.05, 0) is 30.3 Å². The lowest BCUT2D eigenvalue weighted by Gasteiger charge is -2.09. The Morgan fingerprint density at radius 2 is 0.962 bits per heavy atom. The van der Waals surface area contributed by atoms with Crippen LogP contribution in [0.4, 0.5) is 0 Å². The van der Waals surface area contributed by atoms with Gasteiger partial charge in [0.1, 0.15) is 0 Å². The average Bonchev–Trinajstić information content (AvgIpc) is 2.69. The minimum absolute atomic E-state index is 0.683. The van der Waals surface area contributed by atoms with Crippen molar-refractivity contribution in [3.63, 3.8) is 0 Å². The molecule has 0 N–H and O–H groups in total. The molecule has 26 heavy (non-hydrogen) atoms. The van der Waals surface area contributed by atoms with Crippen LogP contribution in [0, 0.1) is 0 Å². The number of hydrogen-bond acceptors (Lipinski definition) is 2. The molecule has 1 heterocycles. The first kappa shape index (κ1) is 16.8. The summed E-state index contributed by atoms with van der Waals surface area (Å²) in [6.45, 7) is 0. The SMILES string of the molecule is Clc1ccc(-c2cc(-c3ccc(Cl)cc3)nc(-c3ccccc3)n2)cc1. The van der Waals surface area contributed by atoms with E-state index in [2.05, 4.69) is 0 Å². The van der Waals surface area contributed by atoms with Crippen molar-refractivity contribution in [1.29, 1.82) is 0 Å². The van der Waals surface area contributed by atoms with Crippen LogP contribution in [0.15, 0.2) is 84.9 Å². The van der Waals surface area contributed by atoms with Crippen molar-refractivity contribution in [1.82, 2.24) is 9.97 Å². The van der Waals surface area contributed by atoms with E-state index in [0.29, 0.717) is 15.9 Å². The average molecular weight is 377 g/mol. The molecular formula is C22H14Cl2N2. The zero-order valence-corrected chi connectivity index (χ0v) is 15.2. The van der Waals surface area contributed by atoms with Gasteiger partial charge in [-0.2, -0.15) is 0 Å². The Bertz CT molecular complexity index is 964. The maximum absolute atomic E-state index is 6.02. The monoisotopic (exact) mass is 376 g/mol. The molecule has 4 rings (SSSR count). The van der Waals surface area contributed by atoms with Crippen LogP contribution in [0.2, 0.25) is 10.0 Å². The standard InChI is InChI=1S/C22H14Cl2N2/c23-18-10-6-15(7-11-18)20-14-21(16-8-12-19(24)13-9-16)26-22(25-20)17-4-2-1-3-5-17/h1-14H. The molecule has 0 saturated heterocycles. The van der Waals surface area contributed by atoms with Gasteiger partial charge in [-0.15, -0.1) is 0 Å². The van der Waals surface area contributed by atoms with Crippen molar-refractivity contribution in [2.24, 2.45) is 0 Å². The van der Waals surface area contributed by atoms with Gasteiger partial charge in [-0.1, -0.05) is 77.8 Å². The van der Waals surface area contributed by atoms with E-state index in [1.54, 1.807) is 0 Å². The molecule has 3 aromatic carbocycles. The van der Waals surface area contributed by atoms with Crippen molar-refractivity contribution < 1.29 is 0 Å². The van der Waals surface area contributed by atoms with E-state index in [0.717, 1.165) is 28.1 Å². The third kappa shape index (κ3) is 3.62. The molecule has 2 nitrogen and oxygen atoms in total. The highest BCUT2D eigenvalue weighted by molar-refractivity contribution is 6.30. The zero-order chi connectivity index (χ0) is 17.9. The van der Waals surface area contributed by atoms with Gasteiger partial charge in [0, 0.05) is 26.7 Å². The third-order valence-electron chi connectivity index (χ3n) is 4.04. The Kier molecular flexibility index (Phi) is 4.70. The quantitative estimate of drug-likeness (QED) is 0.393. The van der Waals surface area contributed by atoms with Crippen LogP contribution in [0.3, 0.4) is 0 Å². The van der Waals surface area contributed by atoms with E-state index in [1.165, 1.54) is 0 Å². The van der Waals surface area contributed by atoms with Crippen molar-refractivity contribution in [3.8, 4) is 33.9 Å². The number of hydrogen-bond donors (Lipinski definition) is 0. The lowest BCUT2D eigenvalue weighted by atomic mass is 10.1. The lowest BCUT2D eigenvalue weighted by Crippen LogP contribution is -1.95. The van der Waals surface area contributed by atoms with Gasteiger partial charge in [0.25, 0.3) is 0 Å². The van der Waals surface area contributed by atoms with E-state index >= 15 is 0 Å². The molecular weight excluding hydrogens is 363 g/mol. The second kappa shape index (κ2) is 7.28. The molecule has 0 saturated carbocycles. The Hall–Kier alpha value is -2.68. The zero-order valence-electron chi connectivity index (χ0n) is 13.7. The van der Waals surface area contributed by atoms with E-state index in [4.69, 9.17) is 33.2 Å². The normalized spacial score (nSPS) is 10.7. The first-order valence-corrected chi connectivity index (χ1v) is 8.91. The van der Waals surface area contributed by atoms with Gasteiger partial charge < -0.3 is 0 Å². The summed E-state index contributed by atoms with van der Waals surface area (Å²) in [6.07, 6.45) is 0. The molecule has 0 aliphatic carbocycles. The Balaban J connectivity index is 1.89. The number of benzene rings is 3. The minimum Gasteiger partial charge on any atom is -0.228 e. The van der Waals surface area contributed by atoms with Gasteiger partial charge >= 0.3 is 0 Å². The van der Waals surface area contributed by atoms with E-state index < -0.39 is 0 Å². The summed E-state index contributed by atoms with van der Waals surface area (Å²) in [7, 11) is 0. The summed E-state index contributed by atoms with van der Waals surface area (Å²) < 4.78 is 0. The summed E-state index contributed by atoms with van der Waals surface area (Å²) in [4.78, 5) is 9.53. The fourth-order valence-corrected chi connectivity index (χ4v) is 2.95. The molecule has 0 aliphatic rings. The van der Waals surface area contributed by atoms with E-state index in [-0.39, 0.29) is 0 Å². The Labute approximate surface area is 162 Å². The molecule has 0 bridgehead atoms. The van der Waals surface area contributed by atoms with Gasteiger partial charge in [0.05, 0.1) is 11.4 Å². The van der Waals surface area contributed by atoms with E-state index in [9.17, 15) is 0 Å². The molecule has 0 amide bonds. The molecule has 0 unspecified atom stereocenters. The van der Waals surface area contributed by atoms with Gasteiger partial charge in [0.2, 0.25) is 0 Å². The van der Waals surface area contributed by atoms with Crippen molar-refractivity contribution in [2.75, 3.05) is 0 Å². The van der Waals surface area contributed by atoms with Gasteiger partial charge in [-0.3, -0.25) is 0 Å². The van der Waals surface area contributed by atoms with Crippen LogP contribution in [0.5, 0.6) is 0 Å². The minimum atomic E-state index is 0.683. The molecule has 0 aliphatic heterocycles. The predicted octanol–water partition coefficient (Wildman–Crippen LogP) is 6.78. The van der Waals surface area contributed by atoms with Gasteiger partial charge in [0.15, 0.2) is 5.82 Å². The number of rotatable bonds is 3. The third-order valence-corrected chi connectivity index (χ3v) is 4.54. The second-order valence-corrected chi connectivity index (χ2v) is 6.71. The molecule has 4 heteroatoms. The summed E-state index contributed by atoms with van der Waals surface area (Å²) >= 11 is 12.0.